The lowest BCUT2D eigenvalue weighted by Crippen LogP contribution is -2.17. The van der Waals surface area contributed by atoms with Crippen LogP contribution in [0.1, 0.15) is 38.0 Å². The number of carbonyl (C=O) groups is 1. The zero-order chi connectivity index (χ0) is 21.8. The van der Waals surface area contributed by atoms with Gasteiger partial charge in [-0.1, -0.05) is 64.5 Å². The smallest absolute Gasteiger partial charge is 0.256 e. The number of aryl methyl sites for hydroxylation is 1. The number of halogens is 1. The minimum Gasteiger partial charge on any atom is -0.374 e. The molecular weight excluding hydrogens is 468 g/mol. The Labute approximate surface area is 195 Å². The highest BCUT2D eigenvalue weighted by Gasteiger charge is 2.24. The fraction of sp³-hybridized carbons (Fsp3) is 0.115. The molecule has 4 aromatic rings. The van der Waals surface area contributed by atoms with Crippen molar-refractivity contribution in [2.75, 3.05) is 10.6 Å². The van der Waals surface area contributed by atoms with Crippen LogP contribution in [-0.2, 0) is 0 Å². The summed E-state index contributed by atoms with van der Waals surface area (Å²) in [4.78, 5) is 14.1. The van der Waals surface area contributed by atoms with Gasteiger partial charge in [0.25, 0.3) is 5.91 Å². The number of amides is 1. The fourth-order valence-electron chi connectivity index (χ4n) is 3.53. The third-order valence-corrected chi connectivity index (χ3v) is 6.94. The summed E-state index contributed by atoms with van der Waals surface area (Å²) >= 11 is 5.12. The van der Waals surface area contributed by atoms with Gasteiger partial charge in [0.1, 0.15) is 5.00 Å². The highest BCUT2D eigenvalue weighted by atomic mass is 79.9. The monoisotopic (exact) mass is 490 g/mol. The molecule has 3 aromatic carbocycles. The van der Waals surface area contributed by atoms with Gasteiger partial charge in [0, 0.05) is 26.2 Å². The van der Waals surface area contributed by atoms with Gasteiger partial charge in [0.15, 0.2) is 0 Å². The summed E-state index contributed by atoms with van der Waals surface area (Å²) < 4.78 is 1.03. The van der Waals surface area contributed by atoms with Crippen LogP contribution < -0.4 is 10.6 Å². The van der Waals surface area contributed by atoms with E-state index in [1.165, 1.54) is 10.4 Å². The third kappa shape index (κ3) is 4.89. The van der Waals surface area contributed by atoms with Crippen molar-refractivity contribution in [1.29, 1.82) is 0 Å². The number of hydrogen-bond acceptors (Lipinski definition) is 3. The van der Waals surface area contributed by atoms with Gasteiger partial charge in [0.05, 0.1) is 6.04 Å². The zero-order valence-electron chi connectivity index (χ0n) is 17.4. The summed E-state index contributed by atoms with van der Waals surface area (Å²) in [6.07, 6.45) is 0. The fourth-order valence-corrected chi connectivity index (χ4v) is 4.89. The predicted octanol–water partition coefficient (Wildman–Crippen LogP) is 7.58. The lowest BCUT2D eigenvalue weighted by Gasteiger charge is -2.23. The van der Waals surface area contributed by atoms with E-state index in [9.17, 15) is 4.79 Å². The van der Waals surface area contributed by atoms with E-state index in [1.54, 1.807) is 11.3 Å². The summed E-state index contributed by atoms with van der Waals surface area (Å²) in [5, 5.41) is 7.72. The molecule has 2 N–H and O–H groups in total. The first-order valence-electron chi connectivity index (χ1n) is 10.1. The summed E-state index contributed by atoms with van der Waals surface area (Å²) in [6, 6.07) is 27.7. The van der Waals surface area contributed by atoms with Gasteiger partial charge in [-0.15, -0.1) is 11.3 Å². The van der Waals surface area contributed by atoms with Gasteiger partial charge in [-0.25, -0.2) is 0 Å². The van der Waals surface area contributed by atoms with Crippen LogP contribution in [0.15, 0.2) is 89.4 Å². The molecule has 1 atom stereocenters. The van der Waals surface area contributed by atoms with Crippen LogP contribution in [0.5, 0.6) is 0 Å². The molecule has 0 radical (unpaired) electrons. The minimum atomic E-state index is -0.0987. The number of hydrogen-bond donors (Lipinski definition) is 2. The Morgan fingerprint density at radius 3 is 2.13 bits per heavy atom. The highest BCUT2D eigenvalue weighted by Crippen LogP contribution is 2.41. The van der Waals surface area contributed by atoms with Crippen molar-refractivity contribution in [2.24, 2.45) is 0 Å². The molecule has 0 aliphatic carbocycles. The molecule has 1 heterocycles. The summed E-state index contributed by atoms with van der Waals surface area (Å²) in [5.74, 6) is -0.0986. The Bertz CT molecular complexity index is 1170. The highest BCUT2D eigenvalue weighted by molar-refractivity contribution is 9.10. The molecule has 5 heteroatoms. The largest absolute Gasteiger partial charge is 0.374 e. The van der Waals surface area contributed by atoms with Crippen LogP contribution in [0.4, 0.5) is 10.7 Å². The van der Waals surface area contributed by atoms with E-state index in [1.807, 2.05) is 60.7 Å². The van der Waals surface area contributed by atoms with Gasteiger partial charge in [-0.05, 0) is 61.4 Å². The van der Waals surface area contributed by atoms with E-state index in [2.05, 4.69) is 64.7 Å². The second-order valence-electron chi connectivity index (χ2n) is 7.34. The second-order valence-corrected chi connectivity index (χ2v) is 9.48. The van der Waals surface area contributed by atoms with E-state index >= 15 is 0 Å². The van der Waals surface area contributed by atoms with Crippen molar-refractivity contribution < 1.29 is 4.79 Å². The van der Waals surface area contributed by atoms with Crippen LogP contribution in [0.25, 0.3) is 0 Å². The van der Waals surface area contributed by atoms with E-state index in [4.69, 9.17) is 0 Å². The van der Waals surface area contributed by atoms with E-state index in [-0.39, 0.29) is 11.9 Å². The predicted molar refractivity (Wildman–Crippen MR) is 134 cm³/mol. The van der Waals surface area contributed by atoms with Gasteiger partial charge in [-0.3, -0.25) is 4.79 Å². The van der Waals surface area contributed by atoms with Crippen molar-refractivity contribution >= 4 is 43.9 Å². The quantitative estimate of drug-likeness (QED) is 0.292. The van der Waals surface area contributed by atoms with Crippen LogP contribution in [0.3, 0.4) is 0 Å². The molecule has 0 aliphatic heterocycles. The van der Waals surface area contributed by atoms with Gasteiger partial charge in [-0.2, -0.15) is 0 Å². The van der Waals surface area contributed by atoms with Gasteiger partial charge >= 0.3 is 0 Å². The van der Waals surface area contributed by atoms with E-state index < -0.39 is 0 Å². The molecule has 3 nitrogen and oxygen atoms in total. The molecule has 0 saturated heterocycles. The first kappa shape index (κ1) is 21.3. The van der Waals surface area contributed by atoms with Gasteiger partial charge in [0.2, 0.25) is 0 Å². The number of anilines is 2. The van der Waals surface area contributed by atoms with Crippen molar-refractivity contribution in [3.8, 4) is 0 Å². The lowest BCUT2D eigenvalue weighted by atomic mass is 9.96. The molecule has 0 fully saturated rings. The van der Waals surface area contributed by atoms with Crippen molar-refractivity contribution in [3.05, 3.63) is 117 Å². The zero-order valence-corrected chi connectivity index (χ0v) is 19.8. The molecule has 0 bridgehead atoms. The van der Waals surface area contributed by atoms with Crippen molar-refractivity contribution in [3.63, 3.8) is 0 Å². The Balaban J connectivity index is 1.75. The molecule has 1 amide bonds. The molecule has 4 rings (SSSR count). The van der Waals surface area contributed by atoms with E-state index in [0.29, 0.717) is 5.56 Å². The van der Waals surface area contributed by atoms with E-state index in [0.717, 1.165) is 26.3 Å². The molecule has 0 aliphatic rings. The second kappa shape index (κ2) is 9.50. The van der Waals surface area contributed by atoms with Crippen molar-refractivity contribution in [2.45, 2.75) is 19.9 Å². The number of benzene rings is 3. The Kier molecular flexibility index (Phi) is 6.54. The lowest BCUT2D eigenvalue weighted by molar-refractivity contribution is 0.102. The number of rotatable bonds is 6. The first-order valence-corrected chi connectivity index (χ1v) is 11.7. The number of carbonyl (C=O) groups excluding carboxylic acids is 1. The molecule has 1 aromatic heterocycles. The molecule has 0 spiro atoms. The average molecular weight is 491 g/mol. The summed E-state index contributed by atoms with van der Waals surface area (Å²) in [6.45, 7) is 4.22. The SMILES string of the molecule is Cc1sc(NC(=O)c2ccccc2)c([C@H](Nc2ccc(Br)cc2)c2ccccc2)c1C. The van der Waals surface area contributed by atoms with Crippen molar-refractivity contribution in [1.82, 2.24) is 0 Å². The average Bonchev–Trinajstić information content (AvgIpc) is 3.07. The molecule has 156 valence electrons. The topological polar surface area (TPSA) is 41.1 Å². The summed E-state index contributed by atoms with van der Waals surface area (Å²) in [7, 11) is 0. The maximum atomic E-state index is 12.9. The molecule has 0 saturated carbocycles. The van der Waals surface area contributed by atoms with Crippen LogP contribution in [0.2, 0.25) is 0 Å². The standard InChI is InChI=1S/C26H23BrN2OS/c1-17-18(2)31-26(29-25(30)20-11-7-4-8-12-20)23(17)24(19-9-5-3-6-10-19)28-22-15-13-21(27)14-16-22/h3-16,24,28H,1-2H3,(H,29,30)/t24-/m1/s1. The minimum absolute atomic E-state index is 0.0986. The number of nitrogens with one attached hydrogen (secondary N) is 2. The maximum Gasteiger partial charge on any atom is 0.256 e. The van der Waals surface area contributed by atoms with Crippen LogP contribution >= 0.6 is 27.3 Å². The molecular formula is C26H23BrN2OS. The first-order chi connectivity index (χ1) is 15.0. The Morgan fingerprint density at radius 2 is 1.48 bits per heavy atom. The normalized spacial score (nSPS) is 11.7. The van der Waals surface area contributed by atoms with Gasteiger partial charge < -0.3 is 10.6 Å². The Hall–Kier alpha value is -2.89. The third-order valence-electron chi connectivity index (χ3n) is 5.27. The van der Waals surface area contributed by atoms with Crippen LogP contribution in [0, 0.1) is 13.8 Å². The van der Waals surface area contributed by atoms with Crippen LogP contribution in [-0.4, -0.2) is 5.91 Å². The maximum absolute atomic E-state index is 12.9. The molecule has 0 unspecified atom stereocenters. The summed E-state index contributed by atoms with van der Waals surface area (Å²) in [5.41, 5.74) is 5.09. The number of thiophene rings is 1. The molecule has 31 heavy (non-hydrogen) atoms. The Morgan fingerprint density at radius 1 is 0.871 bits per heavy atom.